The molecule has 0 fully saturated rings. The van der Waals surface area contributed by atoms with Crippen LogP contribution in [0.2, 0.25) is 10.0 Å². The standard InChI is InChI=1S/C15H13Cl2NO4S/c1-9-11(15(19)18-23(2,20)21)8-12(16)13(17)14(9)22-10-6-4-3-5-7-10/h3-8H,1-2H3,(H,18,19). The van der Waals surface area contributed by atoms with Crippen molar-refractivity contribution >= 4 is 39.1 Å². The molecule has 2 aromatic carbocycles. The highest BCUT2D eigenvalue weighted by molar-refractivity contribution is 7.89. The average molecular weight is 374 g/mol. The Morgan fingerprint density at radius 1 is 1.17 bits per heavy atom. The molecule has 0 saturated carbocycles. The van der Waals surface area contributed by atoms with Gasteiger partial charge in [-0.3, -0.25) is 4.79 Å². The number of amides is 1. The van der Waals surface area contributed by atoms with E-state index < -0.39 is 15.9 Å². The number of benzene rings is 2. The third-order valence-electron chi connectivity index (χ3n) is 2.91. The minimum Gasteiger partial charge on any atom is -0.455 e. The third-order valence-corrected chi connectivity index (χ3v) is 4.24. The van der Waals surface area contributed by atoms with Gasteiger partial charge in [-0.15, -0.1) is 0 Å². The number of sulfonamides is 1. The van der Waals surface area contributed by atoms with Gasteiger partial charge in [0, 0.05) is 11.1 Å². The molecule has 1 amide bonds. The van der Waals surface area contributed by atoms with Crippen molar-refractivity contribution in [3.05, 3.63) is 57.6 Å². The lowest BCUT2D eigenvalue weighted by atomic mass is 10.1. The molecule has 0 aromatic heterocycles. The van der Waals surface area contributed by atoms with Gasteiger partial charge in [0.05, 0.1) is 11.3 Å². The molecule has 0 radical (unpaired) electrons. The Balaban J connectivity index is 2.49. The van der Waals surface area contributed by atoms with E-state index in [1.807, 2.05) is 10.8 Å². The Labute approximate surface area is 144 Å². The highest BCUT2D eigenvalue weighted by Gasteiger charge is 2.21. The van der Waals surface area contributed by atoms with Crippen molar-refractivity contribution in [2.75, 3.05) is 6.26 Å². The molecule has 23 heavy (non-hydrogen) atoms. The zero-order valence-corrected chi connectivity index (χ0v) is 14.6. The van der Waals surface area contributed by atoms with Gasteiger partial charge in [-0.25, -0.2) is 13.1 Å². The van der Waals surface area contributed by atoms with Crippen LogP contribution in [0.1, 0.15) is 15.9 Å². The molecule has 0 saturated heterocycles. The molecule has 2 rings (SSSR count). The largest absolute Gasteiger partial charge is 0.455 e. The van der Waals surface area contributed by atoms with Gasteiger partial charge in [0.2, 0.25) is 10.0 Å². The van der Waals surface area contributed by atoms with Crippen LogP contribution >= 0.6 is 23.2 Å². The summed E-state index contributed by atoms with van der Waals surface area (Å²) >= 11 is 12.2. The summed E-state index contributed by atoms with van der Waals surface area (Å²) in [5, 5.41) is 0.228. The molecule has 0 unspecified atom stereocenters. The number of nitrogens with one attached hydrogen (secondary N) is 1. The first kappa shape index (κ1) is 17.6. The van der Waals surface area contributed by atoms with Crippen LogP contribution in [0.3, 0.4) is 0 Å². The van der Waals surface area contributed by atoms with E-state index in [4.69, 9.17) is 27.9 Å². The number of ether oxygens (including phenoxy) is 1. The van der Waals surface area contributed by atoms with Crippen LogP contribution < -0.4 is 9.46 Å². The molecule has 1 N–H and O–H groups in total. The zero-order valence-electron chi connectivity index (χ0n) is 12.3. The van der Waals surface area contributed by atoms with E-state index in [0.29, 0.717) is 11.3 Å². The first-order chi connectivity index (χ1) is 10.7. The van der Waals surface area contributed by atoms with Gasteiger partial charge >= 0.3 is 0 Å². The molecule has 8 heteroatoms. The second-order valence-electron chi connectivity index (χ2n) is 4.79. The minimum absolute atomic E-state index is 0.0655. The van der Waals surface area contributed by atoms with Gasteiger partial charge in [-0.1, -0.05) is 41.4 Å². The quantitative estimate of drug-likeness (QED) is 0.884. The molecule has 0 aliphatic rings. The second kappa shape index (κ2) is 6.78. The Hall–Kier alpha value is -1.76. The molecular weight excluding hydrogens is 361 g/mol. The molecule has 5 nitrogen and oxygen atoms in total. The first-order valence-corrected chi connectivity index (χ1v) is 9.07. The monoisotopic (exact) mass is 373 g/mol. The summed E-state index contributed by atoms with van der Waals surface area (Å²) in [4.78, 5) is 12.1. The molecule has 0 aliphatic carbocycles. The van der Waals surface area contributed by atoms with Gasteiger partial charge in [-0.2, -0.15) is 0 Å². The van der Waals surface area contributed by atoms with E-state index >= 15 is 0 Å². The lowest BCUT2D eigenvalue weighted by molar-refractivity contribution is 0.0980. The van der Waals surface area contributed by atoms with E-state index in [-0.39, 0.29) is 21.4 Å². The molecule has 0 atom stereocenters. The Bertz CT molecular complexity index is 852. The van der Waals surface area contributed by atoms with Gasteiger partial charge in [0.15, 0.2) is 5.75 Å². The summed E-state index contributed by atoms with van der Waals surface area (Å²) in [5.41, 5.74) is 0.445. The average Bonchev–Trinajstić information content (AvgIpc) is 2.46. The van der Waals surface area contributed by atoms with Crippen LogP contribution in [0.5, 0.6) is 11.5 Å². The van der Waals surface area contributed by atoms with E-state index in [2.05, 4.69) is 0 Å². The first-order valence-electron chi connectivity index (χ1n) is 6.42. The van der Waals surface area contributed by atoms with Crippen molar-refractivity contribution in [2.45, 2.75) is 6.92 Å². The van der Waals surface area contributed by atoms with Crippen molar-refractivity contribution in [3.63, 3.8) is 0 Å². The number of hydrogen-bond acceptors (Lipinski definition) is 4. The second-order valence-corrected chi connectivity index (χ2v) is 7.33. The topological polar surface area (TPSA) is 72.5 Å². The Kier molecular flexibility index (Phi) is 5.19. The maximum atomic E-state index is 12.1. The Morgan fingerprint density at radius 3 is 2.35 bits per heavy atom. The number of halogens is 2. The van der Waals surface area contributed by atoms with Crippen molar-refractivity contribution in [1.29, 1.82) is 0 Å². The molecule has 0 bridgehead atoms. The summed E-state index contributed by atoms with van der Waals surface area (Å²) < 4.78 is 30.0. The van der Waals surface area contributed by atoms with Crippen LogP contribution in [-0.4, -0.2) is 20.6 Å². The summed E-state index contributed by atoms with van der Waals surface area (Å²) in [5.74, 6) is -0.0975. The molecule has 0 spiro atoms. The lowest BCUT2D eigenvalue weighted by Gasteiger charge is -2.15. The highest BCUT2D eigenvalue weighted by Crippen LogP contribution is 2.39. The summed E-state index contributed by atoms with van der Waals surface area (Å²) in [7, 11) is -3.70. The lowest BCUT2D eigenvalue weighted by Crippen LogP contribution is -2.30. The van der Waals surface area contributed by atoms with E-state index in [1.54, 1.807) is 31.2 Å². The molecule has 122 valence electrons. The number of para-hydroxylation sites is 1. The molecular formula is C15H13Cl2NO4S. The number of carbonyl (C=O) groups is 1. The molecule has 0 aliphatic heterocycles. The fourth-order valence-corrected chi connectivity index (χ4v) is 2.76. The van der Waals surface area contributed by atoms with Crippen LogP contribution in [0.4, 0.5) is 0 Å². The number of hydrogen-bond donors (Lipinski definition) is 1. The summed E-state index contributed by atoms with van der Waals surface area (Å²) in [6, 6.07) is 10.1. The van der Waals surface area contributed by atoms with E-state index in [9.17, 15) is 13.2 Å². The van der Waals surface area contributed by atoms with Crippen LogP contribution in [0.15, 0.2) is 36.4 Å². The third kappa shape index (κ3) is 4.37. The summed E-state index contributed by atoms with van der Waals surface area (Å²) in [6.45, 7) is 1.59. The van der Waals surface area contributed by atoms with E-state index in [1.165, 1.54) is 6.07 Å². The predicted octanol–water partition coefficient (Wildman–Crippen LogP) is 3.78. The van der Waals surface area contributed by atoms with Crippen molar-refractivity contribution < 1.29 is 17.9 Å². The van der Waals surface area contributed by atoms with E-state index in [0.717, 1.165) is 6.26 Å². The fourth-order valence-electron chi connectivity index (χ4n) is 1.88. The van der Waals surface area contributed by atoms with Crippen LogP contribution in [0, 0.1) is 6.92 Å². The predicted molar refractivity (Wildman–Crippen MR) is 90.0 cm³/mol. The zero-order chi connectivity index (χ0) is 17.2. The van der Waals surface area contributed by atoms with Gasteiger partial charge in [-0.05, 0) is 25.1 Å². The fraction of sp³-hybridized carbons (Fsp3) is 0.133. The molecule has 2 aromatic rings. The highest BCUT2D eigenvalue weighted by atomic mass is 35.5. The van der Waals surface area contributed by atoms with Gasteiger partial charge < -0.3 is 4.74 Å². The van der Waals surface area contributed by atoms with Gasteiger partial charge in [0.25, 0.3) is 5.91 Å². The number of rotatable bonds is 4. The smallest absolute Gasteiger partial charge is 0.265 e. The molecule has 0 heterocycles. The maximum Gasteiger partial charge on any atom is 0.265 e. The minimum atomic E-state index is -3.70. The normalized spacial score (nSPS) is 11.1. The number of carbonyl (C=O) groups excluding carboxylic acids is 1. The van der Waals surface area contributed by atoms with Gasteiger partial charge in [0.1, 0.15) is 10.8 Å². The van der Waals surface area contributed by atoms with Crippen molar-refractivity contribution in [1.82, 2.24) is 4.72 Å². The Morgan fingerprint density at radius 2 is 1.78 bits per heavy atom. The van der Waals surface area contributed by atoms with Crippen LogP contribution in [-0.2, 0) is 10.0 Å². The van der Waals surface area contributed by atoms with Crippen molar-refractivity contribution in [3.8, 4) is 11.5 Å². The van der Waals surface area contributed by atoms with Crippen LogP contribution in [0.25, 0.3) is 0 Å². The summed E-state index contributed by atoms with van der Waals surface area (Å²) in [6.07, 6.45) is 0.888. The SMILES string of the molecule is Cc1c(C(=O)NS(C)(=O)=O)cc(Cl)c(Cl)c1Oc1ccccc1. The van der Waals surface area contributed by atoms with Crippen molar-refractivity contribution in [2.24, 2.45) is 0 Å². The maximum absolute atomic E-state index is 12.1.